The molecule has 2 unspecified atom stereocenters. The van der Waals surface area contributed by atoms with Gasteiger partial charge in [0.1, 0.15) is 12.4 Å². The Morgan fingerprint density at radius 2 is 1.78 bits per heavy atom. The molecule has 0 heterocycles. The van der Waals surface area contributed by atoms with Crippen molar-refractivity contribution in [1.29, 1.82) is 0 Å². The molecular formula is C21H25NO5. The van der Waals surface area contributed by atoms with Crippen LogP contribution in [0.2, 0.25) is 0 Å². The molecule has 27 heavy (non-hydrogen) atoms. The van der Waals surface area contributed by atoms with Gasteiger partial charge in [-0.1, -0.05) is 30.3 Å². The first kappa shape index (κ1) is 20.6. The number of amides is 1. The van der Waals surface area contributed by atoms with Crippen LogP contribution in [0.1, 0.15) is 26.7 Å². The molecule has 0 aromatic heterocycles. The largest absolute Gasteiger partial charge is 0.463 e. The van der Waals surface area contributed by atoms with Crippen LogP contribution in [0.15, 0.2) is 42.5 Å². The highest BCUT2D eigenvalue weighted by Crippen LogP contribution is 2.19. The highest BCUT2D eigenvalue weighted by atomic mass is 16.6. The number of Topliss-reactive ketones (excluding diaryl/α,β-unsaturated/α-hetero) is 1. The molecule has 0 aliphatic heterocycles. The van der Waals surface area contributed by atoms with Gasteiger partial charge in [0.25, 0.3) is 0 Å². The fourth-order valence-electron chi connectivity index (χ4n) is 2.60. The normalized spacial score (nSPS) is 13.0. The summed E-state index contributed by atoms with van der Waals surface area (Å²) in [6.07, 6.45) is -0.216. The van der Waals surface area contributed by atoms with E-state index in [1.165, 1.54) is 14.0 Å². The molecule has 0 bridgehead atoms. The minimum Gasteiger partial charge on any atom is -0.463 e. The minimum absolute atomic E-state index is 0.0505. The summed E-state index contributed by atoms with van der Waals surface area (Å²) < 4.78 is 9.98. The van der Waals surface area contributed by atoms with Crippen LogP contribution in [0.3, 0.4) is 0 Å². The highest BCUT2D eigenvalue weighted by Gasteiger charge is 2.20. The summed E-state index contributed by atoms with van der Waals surface area (Å²) >= 11 is 0. The lowest BCUT2D eigenvalue weighted by molar-refractivity contribution is -0.156. The predicted molar refractivity (Wildman–Crippen MR) is 103 cm³/mol. The number of benzene rings is 2. The Balaban J connectivity index is 1.87. The van der Waals surface area contributed by atoms with Crippen molar-refractivity contribution in [2.24, 2.45) is 5.92 Å². The van der Waals surface area contributed by atoms with Crippen molar-refractivity contribution in [1.82, 2.24) is 0 Å². The molecule has 2 aromatic rings. The van der Waals surface area contributed by atoms with E-state index in [-0.39, 0.29) is 24.7 Å². The van der Waals surface area contributed by atoms with Gasteiger partial charge in [-0.25, -0.2) is 4.79 Å². The number of carbonyl (C=O) groups excluding carboxylic acids is 3. The van der Waals surface area contributed by atoms with E-state index in [1.807, 2.05) is 42.5 Å². The van der Waals surface area contributed by atoms with Gasteiger partial charge < -0.3 is 14.8 Å². The third-order valence-electron chi connectivity index (χ3n) is 4.44. The standard InChI is InChI=1S/C21H25NO5/c1-14(23)18(13-27-21(25)15(2)26-3)9-11-20(24)22-19-10-8-16-6-4-5-7-17(16)12-19/h4-8,10,12,15,18H,9,11,13H2,1-3H3,(H,22,24). The maximum atomic E-state index is 12.2. The van der Waals surface area contributed by atoms with Crippen molar-refractivity contribution in [2.75, 3.05) is 19.0 Å². The summed E-state index contributed by atoms with van der Waals surface area (Å²) in [5.74, 6) is -1.34. The van der Waals surface area contributed by atoms with Gasteiger partial charge in [-0.3, -0.25) is 9.59 Å². The van der Waals surface area contributed by atoms with Crippen LogP contribution in [0, 0.1) is 5.92 Å². The molecule has 0 saturated heterocycles. The monoisotopic (exact) mass is 371 g/mol. The number of methoxy groups -OCH3 is 1. The fourth-order valence-corrected chi connectivity index (χ4v) is 2.60. The minimum atomic E-state index is -0.686. The number of rotatable bonds is 9. The molecule has 0 fully saturated rings. The summed E-state index contributed by atoms with van der Waals surface area (Å²) in [7, 11) is 1.41. The van der Waals surface area contributed by atoms with Crippen molar-refractivity contribution >= 4 is 34.1 Å². The summed E-state index contributed by atoms with van der Waals surface area (Å²) in [5, 5.41) is 4.98. The molecule has 6 nitrogen and oxygen atoms in total. The van der Waals surface area contributed by atoms with Crippen molar-refractivity contribution in [3.63, 3.8) is 0 Å². The highest BCUT2D eigenvalue weighted by molar-refractivity contribution is 5.94. The van der Waals surface area contributed by atoms with Crippen molar-refractivity contribution in [3.8, 4) is 0 Å². The zero-order chi connectivity index (χ0) is 19.8. The number of anilines is 1. The van der Waals surface area contributed by atoms with Gasteiger partial charge in [-0.2, -0.15) is 0 Å². The first-order valence-electron chi connectivity index (χ1n) is 8.89. The Kier molecular flexibility index (Phi) is 7.49. The number of hydrogen-bond donors (Lipinski definition) is 1. The molecule has 1 N–H and O–H groups in total. The Bertz CT molecular complexity index is 817. The van der Waals surface area contributed by atoms with E-state index in [0.717, 1.165) is 10.8 Å². The second-order valence-corrected chi connectivity index (χ2v) is 6.46. The molecule has 0 aliphatic rings. The Morgan fingerprint density at radius 1 is 1.07 bits per heavy atom. The third-order valence-corrected chi connectivity index (χ3v) is 4.44. The number of esters is 1. The van der Waals surface area contributed by atoms with Gasteiger partial charge in [-0.05, 0) is 43.2 Å². The topological polar surface area (TPSA) is 81.7 Å². The van der Waals surface area contributed by atoms with E-state index < -0.39 is 18.0 Å². The number of ether oxygens (including phenoxy) is 2. The van der Waals surface area contributed by atoms with Gasteiger partial charge in [0, 0.05) is 19.2 Å². The van der Waals surface area contributed by atoms with Crippen LogP contribution in [0.5, 0.6) is 0 Å². The quantitative estimate of drug-likeness (QED) is 0.684. The average molecular weight is 371 g/mol. The van der Waals surface area contributed by atoms with E-state index in [2.05, 4.69) is 5.32 Å². The SMILES string of the molecule is COC(C)C(=O)OCC(CCC(=O)Nc1ccc2ccccc2c1)C(C)=O. The van der Waals surface area contributed by atoms with Crippen molar-refractivity contribution in [3.05, 3.63) is 42.5 Å². The molecule has 1 amide bonds. The number of nitrogens with one attached hydrogen (secondary N) is 1. The zero-order valence-corrected chi connectivity index (χ0v) is 15.9. The van der Waals surface area contributed by atoms with Crippen LogP contribution >= 0.6 is 0 Å². The van der Waals surface area contributed by atoms with Gasteiger partial charge in [0.15, 0.2) is 6.10 Å². The van der Waals surface area contributed by atoms with Crippen LogP contribution in [0.25, 0.3) is 10.8 Å². The number of fused-ring (bicyclic) bond motifs is 1. The van der Waals surface area contributed by atoms with Crippen molar-refractivity contribution < 1.29 is 23.9 Å². The van der Waals surface area contributed by atoms with Gasteiger partial charge >= 0.3 is 5.97 Å². The summed E-state index contributed by atoms with van der Waals surface area (Å²) in [4.78, 5) is 35.6. The summed E-state index contributed by atoms with van der Waals surface area (Å²) in [6, 6.07) is 13.6. The van der Waals surface area contributed by atoms with Crippen LogP contribution in [0.4, 0.5) is 5.69 Å². The predicted octanol–water partition coefficient (Wildman–Crippen LogP) is 3.34. The molecule has 2 rings (SSSR count). The molecule has 0 radical (unpaired) electrons. The van der Waals surface area contributed by atoms with E-state index in [1.54, 1.807) is 6.92 Å². The molecular weight excluding hydrogens is 346 g/mol. The lowest BCUT2D eigenvalue weighted by Gasteiger charge is -2.16. The average Bonchev–Trinajstić information content (AvgIpc) is 2.66. The molecule has 0 aliphatic carbocycles. The second-order valence-electron chi connectivity index (χ2n) is 6.46. The maximum Gasteiger partial charge on any atom is 0.334 e. The molecule has 2 atom stereocenters. The molecule has 144 valence electrons. The number of carbonyl (C=O) groups is 3. The van der Waals surface area contributed by atoms with E-state index in [0.29, 0.717) is 12.1 Å². The number of ketones is 1. The maximum absolute atomic E-state index is 12.2. The smallest absolute Gasteiger partial charge is 0.334 e. The molecule has 6 heteroatoms. The van der Waals surface area contributed by atoms with Gasteiger partial charge in [-0.15, -0.1) is 0 Å². The first-order valence-corrected chi connectivity index (χ1v) is 8.89. The van der Waals surface area contributed by atoms with E-state index in [9.17, 15) is 14.4 Å². The third kappa shape index (κ3) is 6.18. The Hall–Kier alpha value is -2.73. The van der Waals surface area contributed by atoms with Gasteiger partial charge in [0.05, 0.1) is 5.92 Å². The molecule has 0 spiro atoms. The van der Waals surface area contributed by atoms with Crippen LogP contribution < -0.4 is 5.32 Å². The first-order chi connectivity index (χ1) is 12.9. The van der Waals surface area contributed by atoms with Crippen molar-refractivity contribution in [2.45, 2.75) is 32.8 Å². The van der Waals surface area contributed by atoms with Gasteiger partial charge in [0.2, 0.25) is 5.91 Å². The summed E-state index contributed by atoms with van der Waals surface area (Å²) in [5.41, 5.74) is 0.707. The second kappa shape index (κ2) is 9.83. The zero-order valence-electron chi connectivity index (χ0n) is 15.9. The fraction of sp³-hybridized carbons (Fsp3) is 0.381. The Morgan fingerprint density at radius 3 is 2.44 bits per heavy atom. The molecule has 0 saturated carbocycles. The van der Waals surface area contributed by atoms with Crippen LogP contribution in [-0.2, 0) is 23.9 Å². The number of hydrogen-bond acceptors (Lipinski definition) is 5. The molecule has 2 aromatic carbocycles. The lowest BCUT2D eigenvalue weighted by atomic mass is 10.00. The van der Waals surface area contributed by atoms with Crippen LogP contribution in [-0.4, -0.2) is 37.5 Å². The van der Waals surface area contributed by atoms with E-state index >= 15 is 0 Å². The summed E-state index contributed by atoms with van der Waals surface area (Å²) in [6.45, 7) is 2.95. The van der Waals surface area contributed by atoms with E-state index in [4.69, 9.17) is 9.47 Å². The lowest BCUT2D eigenvalue weighted by Crippen LogP contribution is -2.27. The Labute approximate surface area is 158 Å².